The van der Waals surface area contributed by atoms with Crippen LogP contribution in [-0.2, 0) is 0 Å². The number of nitriles is 1. The largest absolute Gasteiger partial charge is 0.338 e. The lowest BCUT2D eigenvalue weighted by Crippen LogP contribution is -1.96. The van der Waals surface area contributed by atoms with Crippen LogP contribution < -0.4 is 5.32 Å². The Kier molecular flexibility index (Phi) is 3.43. The molecule has 1 N–H and O–H groups in total. The zero-order valence-corrected chi connectivity index (χ0v) is 10.00. The molecule has 0 bridgehead atoms. The molecule has 1 aromatic heterocycles. The van der Waals surface area contributed by atoms with Crippen LogP contribution in [-0.4, -0.2) is 10.2 Å². The monoisotopic (exact) mass is 264 g/mol. The second-order valence-corrected chi connectivity index (χ2v) is 3.97. The summed E-state index contributed by atoms with van der Waals surface area (Å²) in [5.41, 5.74) is 1.16. The number of hydrogen-bond donors (Lipinski definition) is 1. The van der Waals surface area contributed by atoms with Gasteiger partial charge in [-0.05, 0) is 30.3 Å². The average Bonchev–Trinajstić information content (AvgIpc) is 2.34. The molecule has 0 atom stereocenters. The molecule has 1 aromatic carbocycles. The van der Waals surface area contributed by atoms with E-state index in [1.54, 1.807) is 30.3 Å². The van der Waals surface area contributed by atoms with Crippen molar-refractivity contribution in [3.63, 3.8) is 0 Å². The van der Waals surface area contributed by atoms with E-state index in [9.17, 15) is 0 Å². The molecule has 0 aliphatic heterocycles. The van der Waals surface area contributed by atoms with E-state index in [-0.39, 0.29) is 0 Å². The quantitative estimate of drug-likeness (QED) is 0.903. The molecule has 0 saturated heterocycles. The highest BCUT2D eigenvalue weighted by Crippen LogP contribution is 2.25. The van der Waals surface area contributed by atoms with Gasteiger partial charge in [-0.3, -0.25) is 0 Å². The molecule has 0 aliphatic carbocycles. The van der Waals surface area contributed by atoms with Gasteiger partial charge in [0.2, 0.25) is 0 Å². The second-order valence-electron chi connectivity index (χ2n) is 3.17. The van der Waals surface area contributed by atoms with Gasteiger partial charge >= 0.3 is 0 Å². The van der Waals surface area contributed by atoms with Crippen molar-refractivity contribution >= 4 is 34.7 Å². The van der Waals surface area contributed by atoms with Gasteiger partial charge in [0.15, 0.2) is 11.0 Å². The molecule has 0 saturated carbocycles. The summed E-state index contributed by atoms with van der Waals surface area (Å²) in [7, 11) is 0. The zero-order valence-electron chi connectivity index (χ0n) is 8.48. The van der Waals surface area contributed by atoms with Gasteiger partial charge in [0.05, 0.1) is 22.3 Å². The Bertz CT molecular complexity index is 575. The first-order chi connectivity index (χ1) is 8.19. The fourth-order valence-corrected chi connectivity index (χ4v) is 1.54. The van der Waals surface area contributed by atoms with Crippen molar-refractivity contribution in [2.75, 3.05) is 5.32 Å². The van der Waals surface area contributed by atoms with Crippen molar-refractivity contribution in [3.05, 3.63) is 46.1 Å². The van der Waals surface area contributed by atoms with E-state index < -0.39 is 0 Å². The summed E-state index contributed by atoms with van der Waals surface area (Å²) in [6, 6.07) is 10.3. The van der Waals surface area contributed by atoms with E-state index in [2.05, 4.69) is 15.5 Å². The van der Waals surface area contributed by atoms with Crippen LogP contribution >= 0.6 is 23.2 Å². The molecular weight excluding hydrogens is 259 g/mol. The van der Waals surface area contributed by atoms with Crippen molar-refractivity contribution in [1.82, 2.24) is 10.2 Å². The molecule has 2 rings (SSSR count). The van der Waals surface area contributed by atoms with Gasteiger partial charge in [-0.15, -0.1) is 10.2 Å². The van der Waals surface area contributed by atoms with Crippen molar-refractivity contribution in [3.8, 4) is 6.07 Å². The maximum atomic E-state index is 8.71. The minimum atomic E-state index is 0.321. The van der Waals surface area contributed by atoms with E-state index in [1.807, 2.05) is 6.07 Å². The number of anilines is 2. The van der Waals surface area contributed by atoms with E-state index in [0.717, 1.165) is 0 Å². The van der Waals surface area contributed by atoms with E-state index >= 15 is 0 Å². The molecule has 0 radical (unpaired) electrons. The first-order valence-corrected chi connectivity index (χ1v) is 5.40. The highest BCUT2D eigenvalue weighted by Gasteiger charge is 2.03. The Morgan fingerprint density at radius 3 is 2.53 bits per heavy atom. The predicted molar refractivity (Wildman–Crippen MR) is 66.5 cm³/mol. The summed E-state index contributed by atoms with van der Waals surface area (Å²) in [5.74, 6) is 0.529. The third-order valence-corrected chi connectivity index (χ3v) is 2.51. The molecule has 0 amide bonds. The predicted octanol–water partition coefficient (Wildman–Crippen LogP) is 3.40. The van der Waals surface area contributed by atoms with Gasteiger partial charge in [-0.25, -0.2) is 0 Å². The Balaban J connectivity index is 2.25. The zero-order chi connectivity index (χ0) is 12.3. The molecular formula is C11H6Cl2N4. The molecule has 0 fully saturated rings. The van der Waals surface area contributed by atoms with E-state index in [0.29, 0.717) is 27.2 Å². The SMILES string of the molecule is N#Cc1ccc(Nc2ccc(Cl)nn2)c(Cl)c1. The number of nitrogens with one attached hydrogen (secondary N) is 1. The number of aromatic nitrogens is 2. The Hall–Kier alpha value is -1.83. The van der Waals surface area contributed by atoms with Crippen LogP contribution in [0.1, 0.15) is 5.56 Å². The molecule has 4 nitrogen and oxygen atoms in total. The van der Waals surface area contributed by atoms with Crippen LogP contribution in [0.5, 0.6) is 0 Å². The third kappa shape index (κ3) is 2.84. The molecule has 2 aromatic rings. The van der Waals surface area contributed by atoms with Gasteiger partial charge in [0, 0.05) is 0 Å². The lowest BCUT2D eigenvalue weighted by molar-refractivity contribution is 1.04. The van der Waals surface area contributed by atoms with Crippen LogP contribution in [0.4, 0.5) is 11.5 Å². The summed E-state index contributed by atoms with van der Waals surface area (Å²) in [6.07, 6.45) is 0. The summed E-state index contributed by atoms with van der Waals surface area (Å²) in [4.78, 5) is 0. The van der Waals surface area contributed by atoms with Gasteiger partial charge in [-0.2, -0.15) is 5.26 Å². The molecule has 1 heterocycles. The highest BCUT2D eigenvalue weighted by molar-refractivity contribution is 6.33. The van der Waals surface area contributed by atoms with Crippen LogP contribution in [0.25, 0.3) is 0 Å². The standard InChI is InChI=1S/C11H6Cl2N4/c12-8-5-7(6-14)1-2-9(8)15-11-4-3-10(13)16-17-11/h1-5H,(H,15,17). The van der Waals surface area contributed by atoms with Crippen molar-refractivity contribution in [2.24, 2.45) is 0 Å². The Morgan fingerprint density at radius 1 is 1.12 bits per heavy atom. The summed E-state index contributed by atoms with van der Waals surface area (Å²) >= 11 is 11.6. The lowest BCUT2D eigenvalue weighted by atomic mass is 10.2. The number of benzene rings is 1. The molecule has 0 aliphatic rings. The minimum absolute atomic E-state index is 0.321. The first-order valence-electron chi connectivity index (χ1n) is 4.65. The first kappa shape index (κ1) is 11.6. The van der Waals surface area contributed by atoms with Gasteiger partial charge < -0.3 is 5.32 Å². The molecule has 0 spiro atoms. The van der Waals surface area contributed by atoms with Crippen LogP contribution in [0.15, 0.2) is 30.3 Å². The minimum Gasteiger partial charge on any atom is -0.338 e. The summed E-state index contributed by atoms with van der Waals surface area (Å²) in [5, 5.41) is 20.0. The molecule has 6 heteroatoms. The van der Waals surface area contributed by atoms with Crippen LogP contribution in [0.3, 0.4) is 0 Å². The highest BCUT2D eigenvalue weighted by atomic mass is 35.5. The summed E-state index contributed by atoms with van der Waals surface area (Å²) < 4.78 is 0. The number of halogens is 2. The van der Waals surface area contributed by atoms with Crippen molar-refractivity contribution < 1.29 is 0 Å². The topological polar surface area (TPSA) is 61.6 Å². The number of rotatable bonds is 2. The van der Waals surface area contributed by atoms with E-state index in [1.165, 1.54) is 0 Å². The molecule has 0 unspecified atom stereocenters. The third-order valence-electron chi connectivity index (χ3n) is 1.99. The maximum absolute atomic E-state index is 8.71. The Morgan fingerprint density at radius 2 is 1.94 bits per heavy atom. The van der Waals surface area contributed by atoms with E-state index in [4.69, 9.17) is 28.5 Å². The Labute approximate surface area is 108 Å². The van der Waals surface area contributed by atoms with Crippen LogP contribution in [0.2, 0.25) is 10.2 Å². The van der Waals surface area contributed by atoms with Gasteiger partial charge in [0.1, 0.15) is 0 Å². The van der Waals surface area contributed by atoms with Gasteiger partial charge in [-0.1, -0.05) is 23.2 Å². The van der Waals surface area contributed by atoms with Crippen molar-refractivity contribution in [1.29, 1.82) is 5.26 Å². The second kappa shape index (κ2) is 5.00. The normalized spacial score (nSPS) is 9.71. The fourth-order valence-electron chi connectivity index (χ4n) is 1.21. The van der Waals surface area contributed by atoms with Crippen molar-refractivity contribution in [2.45, 2.75) is 0 Å². The number of nitrogens with zero attached hydrogens (tertiary/aromatic N) is 3. The lowest BCUT2D eigenvalue weighted by Gasteiger charge is -2.06. The average molecular weight is 265 g/mol. The number of hydrogen-bond acceptors (Lipinski definition) is 4. The van der Waals surface area contributed by atoms with Gasteiger partial charge in [0.25, 0.3) is 0 Å². The summed E-state index contributed by atoms with van der Waals surface area (Å²) in [6.45, 7) is 0. The fraction of sp³-hybridized carbons (Fsp3) is 0. The molecule has 84 valence electrons. The smallest absolute Gasteiger partial charge is 0.153 e. The maximum Gasteiger partial charge on any atom is 0.153 e. The molecule has 17 heavy (non-hydrogen) atoms. The van der Waals surface area contributed by atoms with Crippen LogP contribution in [0, 0.1) is 11.3 Å².